The Kier molecular flexibility index (Phi) is 5.83. The lowest BCUT2D eigenvalue weighted by molar-refractivity contribution is 0.218. The van der Waals surface area contributed by atoms with Crippen molar-refractivity contribution in [3.8, 4) is 11.5 Å². The fraction of sp³-hybridized carbons (Fsp3) is 0.333. The van der Waals surface area contributed by atoms with Crippen LogP contribution in [0.3, 0.4) is 0 Å². The molecule has 1 aliphatic heterocycles. The van der Waals surface area contributed by atoms with E-state index in [1.807, 2.05) is 0 Å². The van der Waals surface area contributed by atoms with Gasteiger partial charge in [-0.15, -0.1) is 0 Å². The van der Waals surface area contributed by atoms with E-state index in [4.69, 9.17) is 20.5 Å². The van der Waals surface area contributed by atoms with E-state index in [9.17, 15) is 8.42 Å². The minimum absolute atomic E-state index is 0.0590. The van der Waals surface area contributed by atoms with Gasteiger partial charge < -0.3 is 14.2 Å². The third-order valence-electron chi connectivity index (χ3n) is 4.00. The van der Waals surface area contributed by atoms with Crippen LogP contribution in [0, 0.1) is 5.92 Å². The molecule has 0 bridgehead atoms. The summed E-state index contributed by atoms with van der Waals surface area (Å²) in [5.41, 5.74) is 0. The summed E-state index contributed by atoms with van der Waals surface area (Å²) in [5, 5.41) is 3.47. The predicted octanol–water partition coefficient (Wildman–Crippen LogP) is 3.49. The lowest BCUT2D eigenvalue weighted by Gasteiger charge is -2.22. The fourth-order valence-corrected chi connectivity index (χ4v) is 4.13. The van der Waals surface area contributed by atoms with Crippen LogP contribution in [0.5, 0.6) is 11.5 Å². The fourth-order valence-electron chi connectivity index (χ4n) is 2.72. The number of hydrogen-bond acceptors (Lipinski definition) is 5. The van der Waals surface area contributed by atoms with Gasteiger partial charge in [0, 0.05) is 18.5 Å². The second-order valence-corrected chi connectivity index (χ2v) is 7.89. The number of benzene rings is 2. The SMILES string of the molecule is O=S(=O)(Oc1cccc(OCC2CCCNC2)c1)c1ccccc1Cl. The smallest absolute Gasteiger partial charge is 0.340 e. The van der Waals surface area contributed by atoms with Crippen LogP contribution < -0.4 is 14.2 Å². The Labute approximate surface area is 153 Å². The summed E-state index contributed by atoms with van der Waals surface area (Å²) in [7, 11) is -3.99. The average Bonchev–Trinajstić information content (AvgIpc) is 2.61. The van der Waals surface area contributed by atoms with Crippen molar-refractivity contribution in [2.75, 3.05) is 19.7 Å². The van der Waals surface area contributed by atoms with Crippen molar-refractivity contribution in [1.29, 1.82) is 0 Å². The minimum Gasteiger partial charge on any atom is -0.493 e. The van der Waals surface area contributed by atoms with Crippen molar-refractivity contribution in [1.82, 2.24) is 5.32 Å². The van der Waals surface area contributed by atoms with Crippen molar-refractivity contribution in [2.45, 2.75) is 17.7 Å². The predicted molar refractivity (Wildman–Crippen MR) is 96.8 cm³/mol. The van der Waals surface area contributed by atoms with E-state index in [1.54, 1.807) is 36.4 Å². The first-order valence-corrected chi connectivity index (χ1v) is 9.96. The molecule has 0 spiro atoms. The van der Waals surface area contributed by atoms with Crippen LogP contribution in [0.2, 0.25) is 5.02 Å². The number of ether oxygens (including phenoxy) is 1. The van der Waals surface area contributed by atoms with E-state index in [1.165, 1.54) is 12.1 Å². The molecule has 1 N–H and O–H groups in total. The highest BCUT2D eigenvalue weighted by atomic mass is 35.5. The summed E-state index contributed by atoms with van der Waals surface area (Å²) in [4.78, 5) is -0.0590. The standard InChI is InChI=1S/C18H20ClNO4S/c19-17-8-1-2-9-18(17)25(21,22)24-16-7-3-6-15(11-16)23-13-14-5-4-10-20-12-14/h1-3,6-9,11,14,20H,4-5,10,12-13H2. The number of hydrogen-bond donors (Lipinski definition) is 1. The topological polar surface area (TPSA) is 64.6 Å². The van der Waals surface area contributed by atoms with Gasteiger partial charge in [0.15, 0.2) is 0 Å². The maximum Gasteiger partial charge on any atom is 0.340 e. The van der Waals surface area contributed by atoms with Gasteiger partial charge in [-0.25, -0.2) is 0 Å². The molecule has 2 aromatic rings. The summed E-state index contributed by atoms with van der Waals surface area (Å²) >= 11 is 5.95. The zero-order valence-electron chi connectivity index (χ0n) is 13.7. The summed E-state index contributed by atoms with van der Waals surface area (Å²) < 4.78 is 35.8. The zero-order valence-corrected chi connectivity index (χ0v) is 15.2. The Morgan fingerprint density at radius 2 is 1.92 bits per heavy atom. The van der Waals surface area contributed by atoms with Gasteiger partial charge in [0.2, 0.25) is 0 Å². The largest absolute Gasteiger partial charge is 0.493 e. The molecule has 134 valence electrons. The summed E-state index contributed by atoms with van der Waals surface area (Å²) in [6.07, 6.45) is 2.28. The highest BCUT2D eigenvalue weighted by Crippen LogP contribution is 2.27. The molecule has 1 atom stereocenters. The quantitative estimate of drug-likeness (QED) is 0.776. The van der Waals surface area contributed by atoms with E-state index in [2.05, 4.69) is 5.32 Å². The Morgan fingerprint density at radius 1 is 1.12 bits per heavy atom. The first-order valence-electron chi connectivity index (χ1n) is 8.17. The van der Waals surface area contributed by atoms with Crippen LogP contribution in [0.1, 0.15) is 12.8 Å². The number of rotatable bonds is 6. The number of piperidine rings is 1. The molecule has 0 amide bonds. The van der Waals surface area contributed by atoms with Gasteiger partial charge in [-0.1, -0.05) is 29.8 Å². The molecular weight excluding hydrogens is 362 g/mol. The third kappa shape index (κ3) is 4.87. The van der Waals surface area contributed by atoms with Crippen LogP contribution in [-0.2, 0) is 10.1 Å². The molecule has 2 aromatic carbocycles. The Hall–Kier alpha value is -1.76. The molecule has 1 heterocycles. The monoisotopic (exact) mass is 381 g/mol. The van der Waals surface area contributed by atoms with Crippen LogP contribution in [0.15, 0.2) is 53.4 Å². The molecule has 1 fully saturated rings. The lowest BCUT2D eigenvalue weighted by atomic mass is 10.0. The average molecular weight is 382 g/mol. The van der Waals surface area contributed by atoms with Crippen LogP contribution in [-0.4, -0.2) is 28.1 Å². The van der Waals surface area contributed by atoms with Gasteiger partial charge in [-0.3, -0.25) is 0 Å². The van der Waals surface area contributed by atoms with Gasteiger partial charge in [0.1, 0.15) is 16.4 Å². The Balaban J connectivity index is 1.68. The molecule has 0 radical (unpaired) electrons. The van der Waals surface area contributed by atoms with E-state index >= 15 is 0 Å². The number of halogens is 1. The molecule has 7 heteroatoms. The molecule has 5 nitrogen and oxygen atoms in total. The highest BCUT2D eigenvalue weighted by molar-refractivity contribution is 7.87. The molecule has 0 saturated carbocycles. The van der Waals surface area contributed by atoms with E-state index in [-0.39, 0.29) is 15.7 Å². The first-order chi connectivity index (χ1) is 12.0. The highest BCUT2D eigenvalue weighted by Gasteiger charge is 2.20. The van der Waals surface area contributed by atoms with Crippen LogP contribution in [0.25, 0.3) is 0 Å². The molecule has 1 unspecified atom stereocenters. The maximum atomic E-state index is 12.4. The molecule has 25 heavy (non-hydrogen) atoms. The van der Waals surface area contributed by atoms with Crippen molar-refractivity contribution in [3.05, 3.63) is 53.6 Å². The first kappa shape index (κ1) is 18.0. The van der Waals surface area contributed by atoms with Gasteiger partial charge in [0.25, 0.3) is 0 Å². The van der Waals surface area contributed by atoms with Crippen molar-refractivity contribution >= 4 is 21.7 Å². The van der Waals surface area contributed by atoms with Gasteiger partial charge >= 0.3 is 10.1 Å². The third-order valence-corrected chi connectivity index (χ3v) is 5.75. The molecule has 0 aliphatic carbocycles. The van der Waals surface area contributed by atoms with Gasteiger partial charge in [0.05, 0.1) is 11.6 Å². The van der Waals surface area contributed by atoms with Crippen molar-refractivity contribution in [2.24, 2.45) is 5.92 Å². The Bertz CT molecular complexity index is 819. The van der Waals surface area contributed by atoms with Crippen LogP contribution >= 0.6 is 11.6 Å². The molecule has 3 rings (SSSR count). The second-order valence-electron chi connectivity index (χ2n) is 5.97. The molecule has 0 aromatic heterocycles. The summed E-state index contributed by atoms with van der Waals surface area (Å²) in [5.74, 6) is 1.24. The second kappa shape index (κ2) is 8.08. The summed E-state index contributed by atoms with van der Waals surface area (Å²) in [6.45, 7) is 2.59. The minimum atomic E-state index is -3.99. The normalized spacial score (nSPS) is 17.9. The maximum absolute atomic E-state index is 12.4. The summed E-state index contributed by atoms with van der Waals surface area (Å²) in [6, 6.07) is 12.8. The zero-order chi connectivity index (χ0) is 17.7. The van der Waals surface area contributed by atoms with E-state index < -0.39 is 10.1 Å². The van der Waals surface area contributed by atoms with Crippen LogP contribution in [0.4, 0.5) is 0 Å². The molecular formula is C18H20ClNO4S. The van der Waals surface area contributed by atoms with Gasteiger partial charge in [-0.05, 0) is 43.7 Å². The molecule has 1 saturated heterocycles. The van der Waals surface area contributed by atoms with E-state index in [0.29, 0.717) is 18.3 Å². The Morgan fingerprint density at radius 3 is 2.68 bits per heavy atom. The molecule has 1 aliphatic rings. The lowest BCUT2D eigenvalue weighted by Crippen LogP contribution is -2.33. The van der Waals surface area contributed by atoms with Crippen molar-refractivity contribution < 1.29 is 17.3 Å². The van der Waals surface area contributed by atoms with E-state index in [0.717, 1.165) is 25.9 Å². The van der Waals surface area contributed by atoms with Crippen molar-refractivity contribution in [3.63, 3.8) is 0 Å². The number of nitrogens with one attached hydrogen (secondary N) is 1. The van der Waals surface area contributed by atoms with Gasteiger partial charge in [-0.2, -0.15) is 8.42 Å².